The van der Waals surface area contributed by atoms with Crippen LogP contribution in [-0.4, -0.2) is 34.1 Å². The summed E-state index contributed by atoms with van der Waals surface area (Å²) in [4.78, 5) is 30.8. The Kier molecular flexibility index (Phi) is 4.03. The van der Waals surface area contributed by atoms with Gasteiger partial charge in [0.25, 0.3) is 0 Å². The summed E-state index contributed by atoms with van der Waals surface area (Å²) in [6.45, 7) is 0. The first-order chi connectivity index (χ1) is 8.58. The van der Waals surface area contributed by atoms with E-state index in [0.29, 0.717) is 29.0 Å². The summed E-state index contributed by atoms with van der Waals surface area (Å²) in [5, 5.41) is 6.06. The third-order valence-electron chi connectivity index (χ3n) is 2.42. The number of rotatable bonds is 3. The molecule has 0 aliphatic carbocycles. The molecule has 1 unspecified atom stereocenters. The lowest BCUT2D eigenvalue weighted by Gasteiger charge is -2.22. The molecule has 1 atom stereocenters. The number of piperidine rings is 1. The third kappa shape index (κ3) is 3.11. The van der Waals surface area contributed by atoms with Crippen molar-refractivity contribution in [1.29, 1.82) is 0 Å². The SMILES string of the molecule is CSc1nc(Cl)cc(NC2CCC(=O)NC2=O)n1. The predicted molar refractivity (Wildman–Crippen MR) is 68.6 cm³/mol. The fourth-order valence-corrected chi connectivity index (χ4v) is 2.18. The molecule has 6 nitrogen and oxygen atoms in total. The van der Waals surface area contributed by atoms with Crippen LogP contribution in [-0.2, 0) is 9.59 Å². The molecule has 1 aromatic heterocycles. The Bertz CT molecular complexity index is 497. The molecule has 2 N–H and O–H groups in total. The van der Waals surface area contributed by atoms with Crippen LogP contribution >= 0.6 is 23.4 Å². The number of nitrogens with one attached hydrogen (secondary N) is 2. The van der Waals surface area contributed by atoms with Crippen molar-refractivity contribution in [2.24, 2.45) is 0 Å². The highest BCUT2D eigenvalue weighted by Gasteiger charge is 2.26. The minimum Gasteiger partial charge on any atom is -0.358 e. The quantitative estimate of drug-likeness (QED) is 0.374. The van der Waals surface area contributed by atoms with Crippen molar-refractivity contribution < 1.29 is 9.59 Å². The second kappa shape index (κ2) is 5.53. The normalized spacial score (nSPS) is 19.6. The number of carbonyl (C=O) groups is 2. The summed E-state index contributed by atoms with van der Waals surface area (Å²) in [5.74, 6) is -0.107. The van der Waals surface area contributed by atoms with Gasteiger partial charge in [-0.2, -0.15) is 0 Å². The summed E-state index contributed by atoms with van der Waals surface area (Å²) in [7, 11) is 0. The van der Waals surface area contributed by atoms with Gasteiger partial charge in [-0.1, -0.05) is 23.4 Å². The molecular formula is C10H11ClN4O2S. The maximum atomic E-state index is 11.6. The molecule has 1 fully saturated rings. The van der Waals surface area contributed by atoms with Gasteiger partial charge in [-0.15, -0.1) is 0 Å². The molecule has 8 heteroatoms. The number of amides is 2. The number of hydrogen-bond donors (Lipinski definition) is 2. The Labute approximate surface area is 113 Å². The third-order valence-corrected chi connectivity index (χ3v) is 3.16. The topological polar surface area (TPSA) is 84.0 Å². The van der Waals surface area contributed by atoms with Crippen LogP contribution in [0.1, 0.15) is 12.8 Å². The molecular weight excluding hydrogens is 276 g/mol. The number of halogens is 1. The van der Waals surface area contributed by atoms with Crippen molar-refractivity contribution in [2.75, 3.05) is 11.6 Å². The van der Waals surface area contributed by atoms with Gasteiger partial charge in [0.2, 0.25) is 11.8 Å². The second-order valence-electron chi connectivity index (χ2n) is 3.71. The van der Waals surface area contributed by atoms with E-state index in [9.17, 15) is 9.59 Å². The van der Waals surface area contributed by atoms with E-state index in [1.807, 2.05) is 6.26 Å². The summed E-state index contributed by atoms with van der Waals surface area (Å²) in [6, 6.07) is 1.08. The van der Waals surface area contributed by atoms with Crippen LogP contribution in [0.3, 0.4) is 0 Å². The smallest absolute Gasteiger partial charge is 0.249 e. The molecule has 0 bridgehead atoms. The molecule has 2 rings (SSSR count). The van der Waals surface area contributed by atoms with Gasteiger partial charge in [0.15, 0.2) is 5.16 Å². The zero-order valence-corrected chi connectivity index (χ0v) is 11.1. The van der Waals surface area contributed by atoms with E-state index < -0.39 is 6.04 Å². The van der Waals surface area contributed by atoms with E-state index in [2.05, 4.69) is 20.6 Å². The fourth-order valence-electron chi connectivity index (χ4n) is 1.57. The summed E-state index contributed by atoms with van der Waals surface area (Å²) < 4.78 is 0. The highest BCUT2D eigenvalue weighted by atomic mass is 35.5. The van der Waals surface area contributed by atoms with E-state index in [1.165, 1.54) is 11.8 Å². The molecule has 2 amide bonds. The molecule has 0 saturated carbocycles. The lowest BCUT2D eigenvalue weighted by molar-refractivity contribution is -0.133. The Morgan fingerprint density at radius 1 is 1.50 bits per heavy atom. The van der Waals surface area contributed by atoms with Gasteiger partial charge in [0.05, 0.1) is 0 Å². The van der Waals surface area contributed by atoms with Gasteiger partial charge in [-0.3, -0.25) is 14.9 Å². The van der Waals surface area contributed by atoms with E-state index in [0.717, 1.165) is 0 Å². The molecule has 2 heterocycles. The van der Waals surface area contributed by atoms with E-state index >= 15 is 0 Å². The van der Waals surface area contributed by atoms with Gasteiger partial charge in [-0.05, 0) is 12.7 Å². The first kappa shape index (κ1) is 13.1. The van der Waals surface area contributed by atoms with Crippen molar-refractivity contribution in [3.8, 4) is 0 Å². The number of hydrogen-bond acceptors (Lipinski definition) is 6. The van der Waals surface area contributed by atoms with Crippen molar-refractivity contribution in [1.82, 2.24) is 15.3 Å². The molecule has 1 aliphatic heterocycles. The second-order valence-corrected chi connectivity index (χ2v) is 4.87. The van der Waals surface area contributed by atoms with Gasteiger partial charge >= 0.3 is 0 Å². The Morgan fingerprint density at radius 3 is 2.94 bits per heavy atom. The van der Waals surface area contributed by atoms with Crippen molar-refractivity contribution >= 4 is 41.0 Å². The van der Waals surface area contributed by atoms with Crippen LogP contribution in [0.25, 0.3) is 0 Å². The maximum Gasteiger partial charge on any atom is 0.249 e. The molecule has 96 valence electrons. The number of anilines is 1. The van der Waals surface area contributed by atoms with Crippen LogP contribution in [0, 0.1) is 0 Å². The van der Waals surface area contributed by atoms with Gasteiger partial charge in [0, 0.05) is 12.5 Å². The molecule has 0 spiro atoms. The molecule has 1 saturated heterocycles. The van der Waals surface area contributed by atoms with Crippen LogP contribution in [0.5, 0.6) is 0 Å². The van der Waals surface area contributed by atoms with Crippen molar-refractivity contribution in [3.05, 3.63) is 11.2 Å². The predicted octanol–water partition coefficient (Wildman–Crippen LogP) is 1.07. The maximum absolute atomic E-state index is 11.6. The first-order valence-electron chi connectivity index (χ1n) is 5.27. The van der Waals surface area contributed by atoms with E-state index in [-0.39, 0.29) is 11.8 Å². The standard InChI is InChI=1S/C10H11ClN4O2S/c1-18-10-13-6(11)4-7(14-10)12-5-2-3-8(16)15-9(5)17/h4-5H,2-3H2,1H3,(H,12,13,14)(H,15,16,17). The van der Waals surface area contributed by atoms with Crippen LogP contribution in [0.15, 0.2) is 11.2 Å². The van der Waals surface area contributed by atoms with E-state index in [1.54, 1.807) is 6.07 Å². The minimum absolute atomic E-state index is 0.247. The highest BCUT2D eigenvalue weighted by molar-refractivity contribution is 7.98. The number of nitrogens with zero attached hydrogens (tertiary/aromatic N) is 2. The number of thioether (sulfide) groups is 1. The van der Waals surface area contributed by atoms with Crippen LogP contribution in [0.4, 0.5) is 5.82 Å². The monoisotopic (exact) mass is 286 g/mol. The largest absolute Gasteiger partial charge is 0.358 e. The summed E-state index contributed by atoms with van der Waals surface area (Å²) >= 11 is 7.21. The Morgan fingerprint density at radius 2 is 2.28 bits per heavy atom. The number of imide groups is 1. The highest BCUT2D eigenvalue weighted by Crippen LogP contribution is 2.19. The first-order valence-corrected chi connectivity index (χ1v) is 6.87. The Balaban J connectivity index is 2.11. The lowest BCUT2D eigenvalue weighted by atomic mass is 10.1. The van der Waals surface area contributed by atoms with Crippen molar-refractivity contribution in [2.45, 2.75) is 24.0 Å². The molecule has 18 heavy (non-hydrogen) atoms. The van der Waals surface area contributed by atoms with Gasteiger partial charge < -0.3 is 5.32 Å². The number of carbonyl (C=O) groups excluding carboxylic acids is 2. The average molecular weight is 287 g/mol. The zero-order chi connectivity index (χ0) is 13.1. The number of aromatic nitrogens is 2. The molecule has 1 aliphatic rings. The van der Waals surface area contributed by atoms with Crippen LogP contribution in [0.2, 0.25) is 5.15 Å². The summed E-state index contributed by atoms with van der Waals surface area (Å²) in [5.41, 5.74) is 0. The Hall–Kier alpha value is -1.34. The lowest BCUT2D eigenvalue weighted by Crippen LogP contribution is -2.47. The zero-order valence-electron chi connectivity index (χ0n) is 9.57. The van der Waals surface area contributed by atoms with Gasteiger partial charge in [-0.25, -0.2) is 9.97 Å². The van der Waals surface area contributed by atoms with Crippen molar-refractivity contribution in [3.63, 3.8) is 0 Å². The molecule has 1 aromatic rings. The average Bonchev–Trinajstić information content (AvgIpc) is 2.32. The minimum atomic E-state index is -0.469. The molecule has 0 aromatic carbocycles. The summed E-state index contributed by atoms with van der Waals surface area (Å²) in [6.07, 6.45) is 2.60. The fraction of sp³-hybridized carbons (Fsp3) is 0.400. The van der Waals surface area contributed by atoms with Gasteiger partial charge in [0.1, 0.15) is 17.0 Å². The van der Waals surface area contributed by atoms with Crippen LogP contribution < -0.4 is 10.6 Å². The van der Waals surface area contributed by atoms with E-state index in [4.69, 9.17) is 11.6 Å². The molecule has 0 radical (unpaired) electrons.